The van der Waals surface area contributed by atoms with Gasteiger partial charge in [0.1, 0.15) is 5.01 Å². The minimum absolute atomic E-state index is 0.477. The maximum absolute atomic E-state index is 10.1. The monoisotopic (exact) mass is 171 g/mol. The van der Waals surface area contributed by atoms with Crippen LogP contribution in [0.1, 0.15) is 5.01 Å². The summed E-state index contributed by atoms with van der Waals surface area (Å²) in [6, 6.07) is 0. The Morgan fingerprint density at radius 2 is 2.36 bits per heavy atom. The van der Waals surface area contributed by atoms with E-state index in [1.165, 1.54) is 17.5 Å². The fourth-order valence-corrected chi connectivity index (χ4v) is 1.05. The van der Waals surface area contributed by atoms with Crippen LogP contribution in [0.25, 0.3) is 6.08 Å². The van der Waals surface area contributed by atoms with Gasteiger partial charge in [-0.2, -0.15) is 0 Å². The van der Waals surface area contributed by atoms with Crippen LogP contribution in [0.15, 0.2) is 17.3 Å². The molecule has 11 heavy (non-hydrogen) atoms. The first kappa shape index (κ1) is 7.74. The molecule has 0 aliphatic heterocycles. The molecule has 0 unspecified atom stereocenters. The van der Waals surface area contributed by atoms with Crippen LogP contribution in [0.2, 0.25) is 0 Å². The van der Waals surface area contributed by atoms with Gasteiger partial charge < -0.3 is 10.2 Å². The van der Waals surface area contributed by atoms with Crippen molar-refractivity contribution in [2.45, 2.75) is 0 Å². The van der Waals surface area contributed by atoms with Crippen molar-refractivity contribution < 1.29 is 15.0 Å². The number of aliphatic hydroxyl groups is 1. The summed E-state index contributed by atoms with van der Waals surface area (Å²) < 4.78 is 0. The van der Waals surface area contributed by atoms with Gasteiger partial charge in [-0.15, -0.1) is 11.3 Å². The number of aromatic nitrogens is 1. The van der Waals surface area contributed by atoms with Crippen molar-refractivity contribution >= 4 is 23.4 Å². The second-order valence-electron chi connectivity index (χ2n) is 1.71. The second-order valence-corrected chi connectivity index (χ2v) is 2.63. The van der Waals surface area contributed by atoms with E-state index in [-0.39, 0.29) is 0 Å². The molecule has 0 fully saturated rings. The molecule has 0 amide bonds. The average Bonchev–Trinajstić information content (AvgIpc) is 2.39. The molecule has 1 aromatic heterocycles. The molecule has 0 saturated heterocycles. The summed E-state index contributed by atoms with van der Waals surface area (Å²) in [4.78, 5) is 13.8. The van der Waals surface area contributed by atoms with E-state index in [1.807, 2.05) is 0 Å². The number of aliphatic carboxylic acids is 1. The topological polar surface area (TPSA) is 70.4 Å². The zero-order chi connectivity index (χ0) is 8.27. The summed E-state index contributed by atoms with van der Waals surface area (Å²) in [6.45, 7) is 0. The Bertz CT molecular complexity index is 278. The number of hydrogen-bond donors (Lipinski definition) is 2. The van der Waals surface area contributed by atoms with Gasteiger partial charge in [0.2, 0.25) is 5.76 Å². The van der Waals surface area contributed by atoms with Crippen molar-refractivity contribution in [2.75, 3.05) is 0 Å². The normalized spacial score (nSPS) is 11.5. The van der Waals surface area contributed by atoms with Crippen LogP contribution in [-0.4, -0.2) is 21.2 Å². The van der Waals surface area contributed by atoms with E-state index < -0.39 is 11.7 Å². The smallest absolute Gasteiger partial charge is 0.371 e. The summed E-state index contributed by atoms with van der Waals surface area (Å²) in [5, 5.41) is 19.1. The number of carboxylic acid groups (broad SMARTS) is 1. The summed E-state index contributed by atoms with van der Waals surface area (Å²) in [5.74, 6) is -2.04. The first-order chi connectivity index (χ1) is 5.20. The summed E-state index contributed by atoms with van der Waals surface area (Å²) in [6.07, 6.45) is 2.64. The highest BCUT2D eigenvalue weighted by molar-refractivity contribution is 7.10. The van der Waals surface area contributed by atoms with Crippen LogP contribution in [0.5, 0.6) is 0 Å². The van der Waals surface area contributed by atoms with E-state index in [2.05, 4.69) is 4.98 Å². The van der Waals surface area contributed by atoms with E-state index in [1.54, 1.807) is 5.38 Å². The van der Waals surface area contributed by atoms with Gasteiger partial charge >= 0.3 is 5.97 Å². The Labute approximate surface area is 66.4 Å². The molecule has 1 aromatic rings. The van der Waals surface area contributed by atoms with Crippen LogP contribution < -0.4 is 0 Å². The highest BCUT2D eigenvalue weighted by Gasteiger charge is 2.03. The minimum atomic E-state index is -1.35. The number of carboxylic acids is 1. The Kier molecular flexibility index (Phi) is 2.22. The van der Waals surface area contributed by atoms with Crippen molar-refractivity contribution in [3.8, 4) is 0 Å². The third-order valence-electron chi connectivity index (χ3n) is 0.931. The molecule has 0 bridgehead atoms. The molecule has 0 aliphatic rings. The molecule has 0 atom stereocenters. The van der Waals surface area contributed by atoms with Gasteiger partial charge in [-0.25, -0.2) is 9.78 Å². The highest BCUT2D eigenvalue weighted by atomic mass is 32.1. The van der Waals surface area contributed by atoms with Crippen molar-refractivity contribution in [1.29, 1.82) is 0 Å². The molecular formula is C6H5NO3S. The van der Waals surface area contributed by atoms with E-state index in [0.29, 0.717) is 5.01 Å². The molecule has 0 spiro atoms. The Morgan fingerprint density at radius 1 is 1.64 bits per heavy atom. The van der Waals surface area contributed by atoms with Gasteiger partial charge in [-0.1, -0.05) is 0 Å². The van der Waals surface area contributed by atoms with Gasteiger partial charge in [0.25, 0.3) is 0 Å². The number of carbonyl (C=O) groups is 1. The molecule has 0 aliphatic carbocycles. The summed E-state index contributed by atoms with van der Waals surface area (Å²) in [7, 11) is 0. The van der Waals surface area contributed by atoms with Gasteiger partial charge in [0.15, 0.2) is 0 Å². The SMILES string of the molecule is O=C(O)/C(O)=C/c1nccs1. The number of aliphatic hydroxyl groups excluding tert-OH is 1. The fraction of sp³-hybridized carbons (Fsp3) is 0. The fourth-order valence-electron chi connectivity index (χ4n) is 0.484. The molecule has 0 aromatic carbocycles. The molecule has 0 saturated carbocycles. The molecule has 1 rings (SSSR count). The van der Waals surface area contributed by atoms with Gasteiger partial charge in [0, 0.05) is 17.7 Å². The van der Waals surface area contributed by atoms with Crippen LogP contribution in [0, 0.1) is 0 Å². The number of rotatable bonds is 2. The highest BCUT2D eigenvalue weighted by Crippen LogP contribution is 2.07. The maximum atomic E-state index is 10.1. The Balaban J connectivity index is 2.82. The van der Waals surface area contributed by atoms with E-state index in [0.717, 1.165) is 6.08 Å². The molecule has 5 heteroatoms. The van der Waals surface area contributed by atoms with E-state index in [9.17, 15) is 4.79 Å². The third kappa shape index (κ3) is 2.05. The lowest BCUT2D eigenvalue weighted by molar-refractivity contribution is -0.135. The van der Waals surface area contributed by atoms with Gasteiger partial charge in [-0.3, -0.25) is 0 Å². The number of nitrogens with zero attached hydrogens (tertiary/aromatic N) is 1. The Morgan fingerprint density at radius 3 is 2.82 bits per heavy atom. The number of thiazole rings is 1. The Hall–Kier alpha value is -1.36. The van der Waals surface area contributed by atoms with Crippen LogP contribution in [0.3, 0.4) is 0 Å². The first-order valence-electron chi connectivity index (χ1n) is 2.73. The van der Waals surface area contributed by atoms with Crippen molar-refractivity contribution in [3.63, 3.8) is 0 Å². The predicted molar refractivity (Wildman–Crippen MR) is 40.4 cm³/mol. The molecule has 2 N–H and O–H groups in total. The van der Waals surface area contributed by atoms with Crippen LogP contribution in [-0.2, 0) is 4.79 Å². The lowest BCUT2D eigenvalue weighted by Crippen LogP contribution is -1.97. The summed E-state index contributed by atoms with van der Waals surface area (Å²) >= 11 is 1.26. The van der Waals surface area contributed by atoms with Gasteiger partial charge in [0.05, 0.1) is 0 Å². The van der Waals surface area contributed by atoms with Crippen LogP contribution >= 0.6 is 11.3 Å². The molecule has 58 valence electrons. The average molecular weight is 171 g/mol. The standard InChI is InChI=1S/C6H5NO3S/c8-4(6(9)10)3-5-7-1-2-11-5/h1-3,8H,(H,9,10)/b4-3-. The predicted octanol–water partition coefficient (Wildman–Crippen LogP) is 1.13. The largest absolute Gasteiger partial charge is 0.502 e. The molecular weight excluding hydrogens is 166 g/mol. The zero-order valence-electron chi connectivity index (χ0n) is 5.39. The third-order valence-corrected chi connectivity index (χ3v) is 1.65. The molecule has 0 radical (unpaired) electrons. The lowest BCUT2D eigenvalue weighted by atomic mass is 10.4. The molecule has 4 nitrogen and oxygen atoms in total. The minimum Gasteiger partial charge on any atom is -0.502 e. The maximum Gasteiger partial charge on any atom is 0.371 e. The van der Waals surface area contributed by atoms with Crippen LogP contribution in [0.4, 0.5) is 0 Å². The van der Waals surface area contributed by atoms with E-state index >= 15 is 0 Å². The lowest BCUT2D eigenvalue weighted by Gasteiger charge is -1.87. The van der Waals surface area contributed by atoms with Gasteiger partial charge in [-0.05, 0) is 0 Å². The zero-order valence-corrected chi connectivity index (χ0v) is 6.21. The van der Waals surface area contributed by atoms with Crippen molar-refractivity contribution in [1.82, 2.24) is 4.98 Å². The second kappa shape index (κ2) is 3.16. The summed E-state index contributed by atoms with van der Waals surface area (Å²) in [5.41, 5.74) is 0. The van der Waals surface area contributed by atoms with E-state index in [4.69, 9.17) is 10.2 Å². The first-order valence-corrected chi connectivity index (χ1v) is 3.61. The van der Waals surface area contributed by atoms with Crippen molar-refractivity contribution in [2.24, 2.45) is 0 Å². The molecule has 1 heterocycles. The number of hydrogen-bond acceptors (Lipinski definition) is 4. The van der Waals surface area contributed by atoms with Crippen molar-refractivity contribution in [3.05, 3.63) is 22.3 Å². The quantitative estimate of drug-likeness (QED) is 0.516.